The van der Waals surface area contributed by atoms with Crippen LogP contribution >= 0.6 is 27.3 Å². The van der Waals surface area contributed by atoms with Crippen LogP contribution in [-0.2, 0) is 7.05 Å². The minimum absolute atomic E-state index is 0.185. The monoisotopic (exact) mass is 390 g/mol. The molecule has 2 aromatic carbocycles. The lowest BCUT2D eigenvalue weighted by Crippen LogP contribution is -2.13. The van der Waals surface area contributed by atoms with E-state index in [-0.39, 0.29) is 12.7 Å². The highest BCUT2D eigenvalue weighted by molar-refractivity contribution is 9.10. The highest BCUT2D eigenvalue weighted by Gasteiger charge is 2.16. The summed E-state index contributed by atoms with van der Waals surface area (Å²) >= 11 is 4.93. The Morgan fingerprint density at radius 3 is 2.91 bits per heavy atom. The summed E-state index contributed by atoms with van der Waals surface area (Å²) in [7, 11) is 1.90. The summed E-state index contributed by atoms with van der Waals surface area (Å²) in [6, 6.07) is 11.1. The summed E-state index contributed by atoms with van der Waals surface area (Å²) in [5.74, 6) is 0.930. The van der Waals surface area contributed by atoms with E-state index >= 15 is 0 Å². The number of thiazole rings is 1. The Morgan fingerprint density at radius 2 is 2.04 bits per heavy atom. The number of halogens is 1. The Morgan fingerprint density at radius 1 is 1.22 bits per heavy atom. The predicted molar refractivity (Wildman–Crippen MR) is 91.0 cm³/mol. The van der Waals surface area contributed by atoms with Crippen LogP contribution in [0.15, 0.2) is 45.9 Å². The normalized spacial score (nSPS) is 13.7. The van der Waals surface area contributed by atoms with Crippen molar-refractivity contribution in [2.75, 3.05) is 6.79 Å². The van der Waals surface area contributed by atoms with Crippen molar-refractivity contribution in [3.05, 3.63) is 51.2 Å². The number of rotatable bonds is 1. The maximum absolute atomic E-state index is 12.4. The number of nitrogens with zero attached hydrogens (tertiary/aromatic N) is 2. The van der Waals surface area contributed by atoms with Crippen molar-refractivity contribution < 1.29 is 14.3 Å². The van der Waals surface area contributed by atoms with Crippen LogP contribution in [0.2, 0.25) is 0 Å². The van der Waals surface area contributed by atoms with Gasteiger partial charge >= 0.3 is 0 Å². The van der Waals surface area contributed by atoms with Crippen LogP contribution in [0.25, 0.3) is 10.2 Å². The Balaban J connectivity index is 1.78. The van der Waals surface area contributed by atoms with Gasteiger partial charge in [0.25, 0.3) is 5.91 Å². The highest BCUT2D eigenvalue weighted by Crippen LogP contribution is 2.32. The van der Waals surface area contributed by atoms with Crippen molar-refractivity contribution in [3.63, 3.8) is 0 Å². The first-order valence-corrected chi connectivity index (χ1v) is 8.46. The predicted octanol–water partition coefficient (Wildman–Crippen LogP) is 3.47. The van der Waals surface area contributed by atoms with Crippen molar-refractivity contribution in [1.82, 2.24) is 4.57 Å². The molecule has 5 nitrogen and oxygen atoms in total. The zero-order chi connectivity index (χ0) is 16.0. The van der Waals surface area contributed by atoms with Gasteiger partial charge in [0.2, 0.25) is 6.79 Å². The number of carbonyl (C=O) groups is 1. The van der Waals surface area contributed by atoms with E-state index in [1.807, 2.05) is 29.8 Å². The fourth-order valence-electron chi connectivity index (χ4n) is 2.40. The lowest BCUT2D eigenvalue weighted by molar-refractivity contribution is 0.0997. The molecule has 0 unspecified atom stereocenters. The lowest BCUT2D eigenvalue weighted by atomic mass is 10.2. The molecule has 3 aromatic rings. The van der Waals surface area contributed by atoms with Crippen LogP contribution in [-0.4, -0.2) is 17.3 Å². The molecule has 0 atom stereocenters. The molecule has 0 fully saturated rings. The molecule has 0 N–H and O–H groups in total. The van der Waals surface area contributed by atoms with Gasteiger partial charge in [0, 0.05) is 17.1 Å². The van der Waals surface area contributed by atoms with Crippen LogP contribution in [0, 0.1) is 0 Å². The molecule has 2 heterocycles. The molecule has 0 radical (unpaired) electrons. The van der Waals surface area contributed by atoms with Crippen LogP contribution in [0.3, 0.4) is 0 Å². The Hall–Kier alpha value is -2.12. The lowest BCUT2D eigenvalue weighted by Gasteiger charge is -1.98. The van der Waals surface area contributed by atoms with E-state index in [1.165, 1.54) is 11.3 Å². The second-order valence-electron chi connectivity index (χ2n) is 5.04. The number of hydrogen-bond acceptors (Lipinski definition) is 4. The van der Waals surface area contributed by atoms with E-state index in [1.54, 1.807) is 18.2 Å². The molecule has 116 valence electrons. The zero-order valence-corrected chi connectivity index (χ0v) is 14.5. The van der Waals surface area contributed by atoms with Crippen LogP contribution < -0.4 is 14.3 Å². The molecule has 0 aliphatic carbocycles. The first-order valence-electron chi connectivity index (χ1n) is 6.85. The third kappa shape index (κ3) is 2.55. The summed E-state index contributed by atoms with van der Waals surface area (Å²) in [4.78, 5) is 17.3. The van der Waals surface area contributed by atoms with E-state index in [4.69, 9.17) is 9.47 Å². The minimum atomic E-state index is -0.301. The van der Waals surface area contributed by atoms with Gasteiger partial charge in [0.1, 0.15) is 0 Å². The largest absolute Gasteiger partial charge is 0.454 e. The number of aryl methyl sites for hydroxylation is 1. The molecule has 1 aliphatic heterocycles. The maximum Gasteiger partial charge on any atom is 0.279 e. The average molecular weight is 391 g/mol. The Kier molecular flexibility index (Phi) is 3.46. The van der Waals surface area contributed by atoms with Gasteiger partial charge in [0.15, 0.2) is 16.3 Å². The molecule has 1 amide bonds. The second-order valence-corrected chi connectivity index (χ2v) is 6.97. The molecule has 1 aliphatic rings. The summed E-state index contributed by atoms with van der Waals surface area (Å²) in [6.07, 6.45) is 0. The Bertz CT molecular complexity index is 1010. The van der Waals surface area contributed by atoms with Crippen molar-refractivity contribution >= 4 is 43.4 Å². The topological polar surface area (TPSA) is 52.8 Å². The number of ether oxygens (including phenoxy) is 2. The van der Waals surface area contributed by atoms with Gasteiger partial charge in [-0.3, -0.25) is 4.79 Å². The van der Waals surface area contributed by atoms with Crippen LogP contribution in [0.1, 0.15) is 10.4 Å². The maximum atomic E-state index is 12.4. The second kappa shape index (κ2) is 5.50. The van der Waals surface area contributed by atoms with E-state index in [9.17, 15) is 4.79 Å². The van der Waals surface area contributed by atoms with Crippen molar-refractivity contribution in [3.8, 4) is 11.5 Å². The third-order valence-electron chi connectivity index (χ3n) is 3.59. The molecule has 0 saturated carbocycles. The number of hydrogen-bond donors (Lipinski definition) is 0. The zero-order valence-electron chi connectivity index (χ0n) is 12.1. The van der Waals surface area contributed by atoms with Crippen molar-refractivity contribution in [2.24, 2.45) is 12.0 Å². The first-order chi connectivity index (χ1) is 11.1. The van der Waals surface area contributed by atoms with E-state index < -0.39 is 0 Å². The van der Waals surface area contributed by atoms with Gasteiger partial charge in [-0.2, -0.15) is 4.99 Å². The molecule has 0 spiro atoms. The number of amides is 1. The average Bonchev–Trinajstić information content (AvgIpc) is 3.11. The van der Waals surface area contributed by atoms with Gasteiger partial charge in [-0.15, -0.1) is 0 Å². The van der Waals surface area contributed by atoms with Gasteiger partial charge < -0.3 is 14.0 Å². The molecule has 1 aromatic heterocycles. The fourth-order valence-corrected chi connectivity index (χ4v) is 3.96. The van der Waals surface area contributed by atoms with E-state index in [0.29, 0.717) is 21.9 Å². The SMILES string of the molecule is Cn1c(=NC(=O)c2ccc3c(c2)OCO3)sc2cc(Br)ccc21. The van der Waals surface area contributed by atoms with E-state index in [2.05, 4.69) is 20.9 Å². The van der Waals surface area contributed by atoms with Gasteiger partial charge in [-0.25, -0.2) is 0 Å². The number of benzene rings is 2. The standard InChI is InChI=1S/C16H11BrN2O3S/c1-19-11-4-3-10(17)7-14(11)23-16(19)18-15(20)9-2-5-12-13(6-9)22-8-21-12/h2-7H,8H2,1H3. The van der Waals surface area contributed by atoms with E-state index in [0.717, 1.165) is 14.7 Å². The first kappa shape index (κ1) is 14.5. The molecule has 0 bridgehead atoms. The molecule has 23 heavy (non-hydrogen) atoms. The number of aromatic nitrogens is 1. The molecule has 0 saturated heterocycles. The molecular weight excluding hydrogens is 380 g/mol. The minimum Gasteiger partial charge on any atom is -0.454 e. The van der Waals surface area contributed by atoms with Crippen molar-refractivity contribution in [2.45, 2.75) is 0 Å². The third-order valence-corrected chi connectivity index (χ3v) is 5.18. The molecule has 4 rings (SSSR count). The summed E-state index contributed by atoms with van der Waals surface area (Å²) in [6.45, 7) is 0.185. The summed E-state index contributed by atoms with van der Waals surface area (Å²) in [5, 5.41) is 0. The van der Waals surface area contributed by atoms with Gasteiger partial charge in [-0.05, 0) is 36.4 Å². The summed E-state index contributed by atoms with van der Waals surface area (Å²) in [5.41, 5.74) is 1.52. The molecular formula is C16H11BrN2O3S. The van der Waals surface area contributed by atoms with Crippen molar-refractivity contribution in [1.29, 1.82) is 0 Å². The smallest absolute Gasteiger partial charge is 0.279 e. The molecule has 7 heteroatoms. The van der Waals surface area contributed by atoms with Gasteiger partial charge in [-0.1, -0.05) is 27.3 Å². The van der Waals surface area contributed by atoms with Crippen LogP contribution in [0.4, 0.5) is 0 Å². The number of carbonyl (C=O) groups excluding carboxylic acids is 1. The van der Waals surface area contributed by atoms with Gasteiger partial charge in [0.05, 0.1) is 10.2 Å². The fraction of sp³-hybridized carbons (Fsp3) is 0.125. The Labute approximate surface area is 143 Å². The quantitative estimate of drug-likeness (QED) is 0.639. The summed E-state index contributed by atoms with van der Waals surface area (Å²) < 4.78 is 14.5. The highest BCUT2D eigenvalue weighted by atomic mass is 79.9. The van der Waals surface area contributed by atoms with Crippen LogP contribution in [0.5, 0.6) is 11.5 Å². The number of fused-ring (bicyclic) bond motifs is 2.